The van der Waals surface area contributed by atoms with Crippen LogP contribution >= 0.6 is 11.6 Å². The van der Waals surface area contributed by atoms with Crippen molar-refractivity contribution in [1.82, 2.24) is 0 Å². The Morgan fingerprint density at radius 3 is 2.55 bits per heavy atom. The predicted octanol–water partition coefficient (Wildman–Crippen LogP) is 3.43. The van der Waals surface area contributed by atoms with Gasteiger partial charge in [-0.05, 0) is 36.4 Å². The van der Waals surface area contributed by atoms with Crippen LogP contribution in [-0.4, -0.2) is 17.0 Å². The largest absolute Gasteiger partial charge is 0.478 e. The molecule has 0 heterocycles. The van der Waals surface area contributed by atoms with E-state index in [1.54, 1.807) is 12.1 Å². The van der Waals surface area contributed by atoms with Crippen molar-refractivity contribution in [3.63, 3.8) is 0 Å². The van der Waals surface area contributed by atoms with Crippen molar-refractivity contribution in [3.05, 3.63) is 64.4 Å². The zero-order chi connectivity index (χ0) is 14.7. The molecule has 102 valence electrons. The van der Waals surface area contributed by atoms with Crippen LogP contribution in [0.5, 0.6) is 0 Å². The van der Waals surface area contributed by atoms with Crippen LogP contribution in [0.1, 0.15) is 20.7 Å². The summed E-state index contributed by atoms with van der Waals surface area (Å²) in [4.78, 5) is 23.0. The van der Waals surface area contributed by atoms with Crippen LogP contribution in [0.25, 0.3) is 0 Å². The zero-order valence-corrected chi connectivity index (χ0v) is 10.8. The third kappa shape index (κ3) is 3.13. The molecule has 0 fully saturated rings. The average molecular weight is 294 g/mol. The first-order valence-electron chi connectivity index (χ1n) is 5.57. The van der Waals surface area contributed by atoms with E-state index in [9.17, 15) is 14.0 Å². The lowest BCUT2D eigenvalue weighted by atomic mass is 10.1. The number of carboxylic acid groups (broad SMARTS) is 1. The fourth-order valence-corrected chi connectivity index (χ4v) is 1.82. The molecule has 0 aromatic heterocycles. The summed E-state index contributed by atoms with van der Waals surface area (Å²) in [6.45, 7) is 0. The molecule has 4 nitrogen and oxygen atoms in total. The smallest absolute Gasteiger partial charge is 0.337 e. The van der Waals surface area contributed by atoms with Crippen LogP contribution in [0.4, 0.5) is 10.1 Å². The first kappa shape index (κ1) is 14.0. The van der Waals surface area contributed by atoms with Gasteiger partial charge in [0.05, 0.1) is 11.3 Å². The van der Waals surface area contributed by atoms with Gasteiger partial charge in [-0.15, -0.1) is 0 Å². The average Bonchev–Trinajstić information content (AvgIpc) is 2.38. The molecule has 0 radical (unpaired) electrons. The Morgan fingerprint density at radius 2 is 1.90 bits per heavy atom. The number of nitrogens with one attached hydrogen (secondary N) is 1. The molecule has 2 rings (SSSR count). The van der Waals surface area contributed by atoms with Crippen molar-refractivity contribution < 1.29 is 19.1 Å². The Morgan fingerprint density at radius 1 is 1.15 bits per heavy atom. The number of halogens is 2. The zero-order valence-electron chi connectivity index (χ0n) is 10.1. The van der Waals surface area contributed by atoms with E-state index in [4.69, 9.17) is 16.7 Å². The highest BCUT2D eigenvalue weighted by Crippen LogP contribution is 2.19. The van der Waals surface area contributed by atoms with E-state index >= 15 is 0 Å². The monoisotopic (exact) mass is 293 g/mol. The molecule has 6 heteroatoms. The molecule has 0 aliphatic rings. The number of hydrogen-bond donors (Lipinski definition) is 2. The molecule has 2 aromatic rings. The number of carbonyl (C=O) groups is 2. The molecular formula is C14H9ClFNO3. The van der Waals surface area contributed by atoms with E-state index in [1.807, 2.05) is 0 Å². The van der Waals surface area contributed by atoms with Crippen molar-refractivity contribution >= 4 is 29.2 Å². The molecule has 1 amide bonds. The van der Waals surface area contributed by atoms with Crippen LogP contribution < -0.4 is 5.32 Å². The summed E-state index contributed by atoms with van der Waals surface area (Å²) in [5, 5.41) is 11.7. The van der Waals surface area contributed by atoms with Crippen LogP contribution in [0.15, 0.2) is 42.5 Å². The highest BCUT2D eigenvalue weighted by atomic mass is 35.5. The summed E-state index contributed by atoms with van der Waals surface area (Å²) in [6.07, 6.45) is 0. The number of hydrogen-bond acceptors (Lipinski definition) is 2. The molecule has 0 aliphatic heterocycles. The fourth-order valence-electron chi connectivity index (χ4n) is 1.63. The summed E-state index contributed by atoms with van der Waals surface area (Å²) in [6, 6.07) is 9.18. The maximum Gasteiger partial charge on any atom is 0.337 e. The second kappa shape index (κ2) is 5.71. The highest BCUT2D eigenvalue weighted by molar-refractivity contribution is 6.31. The van der Waals surface area contributed by atoms with E-state index in [-0.39, 0.29) is 16.8 Å². The van der Waals surface area contributed by atoms with Gasteiger partial charge in [0.2, 0.25) is 0 Å². The second-order valence-corrected chi connectivity index (χ2v) is 4.40. The minimum absolute atomic E-state index is 0.109. The van der Waals surface area contributed by atoms with Gasteiger partial charge < -0.3 is 10.4 Å². The molecule has 0 atom stereocenters. The summed E-state index contributed by atoms with van der Waals surface area (Å²) in [7, 11) is 0. The lowest BCUT2D eigenvalue weighted by molar-refractivity contribution is 0.0698. The number of benzene rings is 2. The van der Waals surface area contributed by atoms with Crippen molar-refractivity contribution in [2.75, 3.05) is 5.32 Å². The van der Waals surface area contributed by atoms with Crippen molar-refractivity contribution in [2.24, 2.45) is 0 Å². The molecule has 0 saturated carbocycles. The molecule has 20 heavy (non-hydrogen) atoms. The number of carbonyl (C=O) groups excluding carboxylic acids is 1. The SMILES string of the molecule is O=C(Nc1cc(F)ccc1C(=O)O)c1cccc(Cl)c1. The van der Waals surface area contributed by atoms with Gasteiger partial charge in [0.25, 0.3) is 5.91 Å². The molecule has 2 N–H and O–H groups in total. The Labute approximate surface area is 118 Å². The summed E-state index contributed by atoms with van der Waals surface area (Å²) in [5.41, 5.74) is -0.0534. The van der Waals surface area contributed by atoms with Crippen LogP contribution in [-0.2, 0) is 0 Å². The molecule has 0 spiro atoms. The molecule has 0 aliphatic carbocycles. The number of carboxylic acids is 1. The number of amides is 1. The minimum atomic E-state index is -1.26. The van der Waals surface area contributed by atoms with Gasteiger partial charge >= 0.3 is 5.97 Å². The fraction of sp³-hybridized carbons (Fsp3) is 0. The Kier molecular flexibility index (Phi) is 4.00. The van der Waals surface area contributed by atoms with Gasteiger partial charge in [-0.2, -0.15) is 0 Å². The van der Waals surface area contributed by atoms with Gasteiger partial charge in [0, 0.05) is 10.6 Å². The minimum Gasteiger partial charge on any atom is -0.478 e. The van der Waals surface area contributed by atoms with Crippen molar-refractivity contribution in [2.45, 2.75) is 0 Å². The first-order valence-corrected chi connectivity index (χ1v) is 5.95. The summed E-state index contributed by atoms with van der Waals surface area (Å²) >= 11 is 5.76. The molecular weight excluding hydrogens is 285 g/mol. The maximum absolute atomic E-state index is 13.2. The Balaban J connectivity index is 2.32. The van der Waals surface area contributed by atoms with E-state index in [1.165, 1.54) is 12.1 Å². The van der Waals surface area contributed by atoms with Gasteiger partial charge in [-0.25, -0.2) is 9.18 Å². The van der Waals surface area contributed by atoms with Gasteiger partial charge in [-0.3, -0.25) is 4.79 Å². The molecule has 2 aromatic carbocycles. The van der Waals surface area contributed by atoms with Crippen LogP contribution in [0.3, 0.4) is 0 Å². The van der Waals surface area contributed by atoms with Gasteiger partial charge in [0.1, 0.15) is 5.82 Å². The quantitative estimate of drug-likeness (QED) is 0.911. The van der Waals surface area contributed by atoms with Crippen molar-refractivity contribution in [3.8, 4) is 0 Å². The number of rotatable bonds is 3. The normalized spacial score (nSPS) is 10.1. The lowest BCUT2D eigenvalue weighted by Crippen LogP contribution is -2.15. The molecule has 0 saturated heterocycles. The van der Waals surface area contributed by atoms with Crippen LogP contribution in [0.2, 0.25) is 5.02 Å². The summed E-state index contributed by atoms with van der Waals surface area (Å²) in [5.74, 6) is -2.47. The van der Waals surface area contributed by atoms with Gasteiger partial charge in [0.15, 0.2) is 0 Å². The second-order valence-electron chi connectivity index (χ2n) is 3.96. The topological polar surface area (TPSA) is 66.4 Å². The third-order valence-corrected chi connectivity index (χ3v) is 2.78. The highest BCUT2D eigenvalue weighted by Gasteiger charge is 2.14. The van der Waals surface area contributed by atoms with Crippen LogP contribution in [0, 0.1) is 5.82 Å². The summed E-state index contributed by atoms with van der Waals surface area (Å²) < 4.78 is 13.2. The van der Waals surface area contributed by atoms with E-state index in [2.05, 4.69) is 5.32 Å². The Bertz CT molecular complexity index is 688. The predicted molar refractivity (Wildman–Crippen MR) is 72.8 cm³/mol. The number of aromatic carboxylic acids is 1. The Hall–Kier alpha value is -2.40. The molecule has 0 unspecified atom stereocenters. The third-order valence-electron chi connectivity index (χ3n) is 2.55. The van der Waals surface area contributed by atoms with Gasteiger partial charge in [-0.1, -0.05) is 17.7 Å². The lowest BCUT2D eigenvalue weighted by Gasteiger charge is -2.08. The van der Waals surface area contributed by atoms with E-state index in [0.29, 0.717) is 5.02 Å². The van der Waals surface area contributed by atoms with Crippen molar-refractivity contribution in [1.29, 1.82) is 0 Å². The number of anilines is 1. The standard InChI is InChI=1S/C14H9ClFNO3/c15-9-3-1-2-8(6-9)13(18)17-12-7-10(16)4-5-11(12)14(19)20/h1-7H,(H,17,18)(H,19,20). The first-order chi connectivity index (χ1) is 9.47. The maximum atomic E-state index is 13.2. The van der Waals surface area contributed by atoms with E-state index in [0.717, 1.165) is 18.2 Å². The van der Waals surface area contributed by atoms with E-state index < -0.39 is 17.7 Å². The molecule has 0 bridgehead atoms.